The Hall–Kier alpha value is -2.73. The van der Waals surface area contributed by atoms with Crippen LogP contribution in [0.3, 0.4) is 0 Å². The third-order valence-electron chi connectivity index (χ3n) is 5.29. The fraction of sp³-hybridized carbons (Fsp3) is 0.381. The van der Waals surface area contributed by atoms with Crippen molar-refractivity contribution in [3.8, 4) is 0 Å². The van der Waals surface area contributed by atoms with Crippen molar-refractivity contribution in [2.24, 2.45) is 0 Å². The first-order valence-corrected chi connectivity index (χ1v) is 9.60. The van der Waals surface area contributed by atoms with Crippen molar-refractivity contribution in [1.82, 2.24) is 24.8 Å². The highest BCUT2D eigenvalue weighted by Crippen LogP contribution is 2.40. The van der Waals surface area contributed by atoms with Crippen LogP contribution in [0.25, 0.3) is 5.65 Å². The van der Waals surface area contributed by atoms with E-state index in [9.17, 15) is 4.79 Å². The number of hydrogen-bond donors (Lipinski definition) is 1. The van der Waals surface area contributed by atoms with Gasteiger partial charge in [0.1, 0.15) is 5.56 Å². The number of amides is 1. The van der Waals surface area contributed by atoms with Crippen LogP contribution >= 0.6 is 0 Å². The van der Waals surface area contributed by atoms with Crippen LogP contribution in [0.15, 0.2) is 48.9 Å². The summed E-state index contributed by atoms with van der Waals surface area (Å²) in [4.78, 5) is 19.5. The van der Waals surface area contributed by atoms with Gasteiger partial charge >= 0.3 is 0 Å². The summed E-state index contributed by atoms with van der Waals surface area (Å²) >= 11 is 0. The number of nitrogens with zero attached hydrogens (tertiary/aromatic N) is 4. The van der Waals surface area contributed by atoms with Crippen molar-refractivity contribution in [3.05, 3.63) is 65.6 Å². The van der Waals surface area contributed by atoms with Crippen molar-refractivity contribution < 1.29 is 4.79 Å². The molecule has 3 aromatic rings. The van der Waals surface area contributed by atoms with Gasteiger partial charge in [-0.2, -0.15) is 5.10 Å². The zero-order valence-corrected chi connectivity index (χ0v) is 15.8. The smallest absolute Gasteiger partial charge is 0.257 e. The summed E-state index contributed by atoms with van der Waals surface area (Å²) in [5.74, 6) is 0.308. The Kier molecular flexibility index (Phi) is 4.90. The van der Waals surface area contributed by atoms with Gasteiger partial charge in [-0.1, -0.05) is 44.2 Å². The highest BCUT2D eigenvalue weighted by Gasteiger charge is 2.39. The monoisotopic (exact) mass is 363 g/mol. The third kappa shape index (κ3) is 3.71. The van der Waals surface area contributed by atoms with Gasteiger partial charge in [-0.25, -0.2) is 9.50 Å². The molecule has 0 saturated heterocycles. The van der Waals surface area contributed by atoms with Crippen molar-refractivity contribution in [2.45, 2.75) is 38.8 Å². The second-order valence-corrected chi connectivity index (χ2v) is 7.08. The molecule has 0 bridgehead atoms. The number of aromatic nitrogens is 3. The first-order valence-electron chi connectivity index (χ1n) is 9.60. The van der Waals surface area contributed by atoms with E-state index in [-0.39, 0.29) is 11.9 Å². The van der Waals surface area contributed by atoms with E-state index in [1.165, 1.54) is 5.56 Å². The van der Waals surface area contributed by atoms with Gasteiger partial charge in [-0.15, -0.1) is 0 Å². The van der Waals surface area contributed by atoms with Crippen LogP contribution in [-0.4, -0.2) is 44.5 Å². The maximum Gasteiger partial charge on any atom is 0.257 e. The maximum absolute atomic E-state index is 12.7. The van der Waals surface area contributed by atoms with Crippen molar-refractivity contribution in [1.29, 1.82) is 0 Å². The van der Waals surface area contributed by atoms with E-state index in [0.29, 0.717) is 17.1 Å². The molecule has 1 fully saturated rings. The number of rotatable bonds is 7. The van der Waals surface area contributed by atoms with Crippen LogP contribution in [0, 0.1) is 0 Å². The maximum atomic E-state index is 12.7. The molecule has 140 valence electrons. The fourth-order valence-corrected chi connectivity index (χ4v) is 3.53. The molecule has 2 atom stereocenters. The average Bonchev–Trinajstić information content (AvgIpc) is 3.34. The lowest BCUT2D eigenvalue weighted by atomic mass is 10.1. The number of fused-ring (bicyclic) bond motifs is 1. The number of hydrogen-bond acceptors (Lipinski definition) is 4. The molecule has 1 aliphatic rings. The second-order valence-electron chi connectivity index (χ2n) is 7.08. The third-order valence-corrected chi connectivity index (χ3v) is 5.29. The molecule has 1 N–H and O–H groups in total. The molecule has 1 amide bonds. The molecule has 27 heavy (non-hydrogen) atoms. The van der Waals surface area contributed by atoms with Gasteiger partial charge in [0, 0.05) is 36.5 Å². The molecule has 6 heteroatoms. The second kappa shape index (κ2) is 7.48. The Morgan fingerprint density at radius 2 is 2.00 bits per heavy atom. The molecule has 1 aliphatic carbocycles. The van der Waals surface area contributed by atoms with Gasteiger partial charge in [0.25, 0.3) is 5.91 Å². The molecule has 0 spiro atoms. The zero-order chi connectivity index (χ0) is 18.8. The minimum Gasteiger partial charge on any atom is -0.348 e. The molecule has 0 unspecified atom stereocenters. The minimum absolute atomic E-state index is 0.0996. The Morgan fingerprint density at radius 1 is 1.22 bits per heavy atom. The quantitative estimate of drug-likeness (QED) is 0.701. The van der Waals surface area contributed by atoms with Gasteiger partial charge in [0.2, 0.25) is 0 Å². The van der Waals surface area contributed by atoms with E-state index in [4.69, 9.17) is 0 Å². The lowest BCUT2D eigenvalue weighted by Crippen LogP contribution is -2.26. The van der Waals surface area contributed by atoms with Crippen LogP contribution in [0.5, 0.6) is 0 Å². The zero-order valence-electron chi connectivity index (χ0n) is 15.8. The Morgan fingerprint density at radius 3 is 2.74 bits per heavy atom. The van der Waals surface area contributed by atoms with E-state index < -0.39 is 0 Å². The molecule has 0 radical (unpaired) electrons. The molecular formula is C21H25N5O. The van der Waals surface area contributed by atoms with E-state index in [0.717, 1.165) is 31.6 Å². The first kappa shape index (κ1) is 17.7. The highest BCUT2D eigenvalue weighted by molar-refractivity contribution is 6.00. The highest BCUT2D eigenvalue weighted by atomic mass is 16.1. The van der Waals surface area contributed by atoms with Crippen LogP contribution in [0.2, 0.25) is 0 Å². The van der Waals surface area contributed by atoms with Gasteiger partial charge in [0.05, 0.1) is 6.20 Å². The summed E-state index contributed by atoms with van der Waals surface area (Å²) in [5, 5.41) is 7.46. The Labute approximate surface area is 159 Å². The first-order chi connectivity index (χ1) is 13.2. The van der Waals surface area contributed by atoms with E-state index in [2.05, 4.69) is 46.3 Å². The summed E-state index contributed by atoms with van der Waals surface area (Å²) in [5.41, 5.74) is 3.50. The minimum atomic E-state index is -0.0996. The summed E-state index contributed by atoms with van der Waals surface area (Å²) in [6.07, 6.45) is 6.40. The van der Waals surface area contributed by atoms with Gasteiger partial charge in [0.15, 0.2) is 5.65 Å². The number of benzene rings is 1. The van der Waals surface area contributed by atoms with Crippen LogP contribution in [0.1, 0.15) is 47.7 Å². The standard InChI is InChI=1S/C21H25N5O/c1-3-25(4-2)13-15-11-22-20-18(12-23-26(20)14-15)21(27)24-19-10-17(19)16-8-6-5-7-9-16/h5-9,11-12,14,17,19H,3-4,10,13H2,1-2H3,(H,24,27)/t17-,19+/m0/s1. The number of carbonyl (C=O) groups excluding carboxylic acids is 1. The molecule has 2 heterocycles. The summed E-state index contributed by atoms with van der Waals surface area (Å²) in [6, 6.07) is 10.5. The fourth-order valence-electron chi connectivity index (χ4n) is 3.53. The summed E-state index contributed by atoms with van der Waals surface area (Å²) in [7, 11) is 0. The molecular weight excluding hydrogens is 338 g/mol. The summed E-state index contributed by atoms with van der Waals surface area (Å²) in [6.45, 7) is 7.10. The molecule has 0 aliphatic heterocycles. The lowest BCUT2D eigenvalue weighted by molar-refractivity contribution is 0.0951. The summed E-state index contributed by atoms with van der Waals surface area (Å²) < 4.78 is 1.70. The van der Waals surface area contributed by atoms with Crippen LogP contribution < -0.4 is 5.32 Å². The van der Waals surface area contributed by atoms with Crippen LogP contribution in [0.4, 0.5) is 0 Å². The number of nitrogens with one attached hydrogen (secondary N) is 1. The molecule has 4 rings (SSSR count). The Balaban J connectivity index is 1.45. The molecule has 1 aromatic carbocycles. The van der Waals surface area contributed by atoms with Crippen molar-refractivity contribution in [2.75, 3.05) is 13.1 Å². The average molecular weight is 363 g/mol. The molecule has 6 nitrogen and oxygen atoms in total. The number of carbonyl (C=O) groups is 1. The topological polar surface area (TPSA) is 62.5 Å². The van der Waals surface area contributed by atoms with E-state index >= 15 is 0 Å². The van der Waals surface area contributed by atoms with E-state index in [1.807, 2.05) is 30.6 Å². The molecule has 2 aromatic heterocycles. The van der Waals surface area contributed by atoms with Gasteiger partial charge in [-0.3, -0.25) is 9.69 Å². The van der Waals surface area contributed by atoms with Gasteiger partial charge < -0.3 is 5.32 Å². The predicted molar refractivity (Wildman–Crippen MR) is 105 cm³/mol. The van der Waals surface area contributed by atoms with E-state index in [1.54, 1.807) is 10.7 Å². The van der Waals surface area contributed by atoms with Crippen LogP contribution in [-0.2, 0) is 6.54 Å². The molecule has 1 saturated carbocycles. The lowest BCUT2D eigenvalue weighted by Gasteiger charge is -2.17. The Bertz CT molecular complexity index is 932. The van der Waals surface area contributed by atoms with Crippen molar-refractivity contribution in [3.63, 3.8) is 0 Å². The van der Waals surface area contributed by atoms with Gasteiger partial charge in [-0.05, 0) is 25.1 Å². The van der Waals surface area contributed by atoms with Crippen molar-refractivity contribution >= 4 is 11.6 Å². The predicted octanol–water partition coefficient (Wildman–Crippen LogP) is 2.86. The normalized spacial score (nSPS) is 18.8. The SMILES string of the molecule is CCN(CC)Cc1cnc2c(C(=O)N[C@@H]3C[C@H]3c3ccccc3)cnn2c1. The largest absolute Gasteiger partial charge is 0.348 e.